The standard InChI is InChI=1S/C12H28N2/c1-7-8-14(10(2)3)11(9-13)12(4,5)6/h10-11H,7-9,13H2,1-6H3. The highest BCUT2D eigenvalue weighted by atomic mass is 15.2. The smallest absolute Gasteiger partial charge is 0.0269 e. The molecule has 1 atom stereocenters. The van der Waals surface area contributed by atoms with E-state index in [0.29, 0.717) is 12.1 Å². The zero-order valence-corrected chi connectivity index (χ0v) is 10.8. The summed E-state index contributed by atoms with van der Waals surface area (Å²) >= 11 is 0. The molecule has 0 radical (unpaired) electrons. The molecule has 0 aromatic heterocycles. The molecule has 0 aromatic rings. The van der Waals surface area contributed by atoms with Crippen LogP contribution in [-0.4, -0.2) is 30.1 Å². The molecule has 0 saturated heterocycles. The molecule has 1 unspecified atom stereocenters. The van der Waals surface area contributed by atoms with Crippen molar-refractivity contribution in [2.75, 3.05) is 13.1 Å². The predicted molar refractivity (Wildman–Crippen MR) is 64.4 cm³/mol. The summed E-state index contributed by atoms with van der Waals surface area (Å²) in [6.07, 6.45) is 1.20. The SMILES string of the molecule is CCCN(C(C)C)C(CN)C(C)(C)C. The van der Waals surface area contributed by atoms with Crippen molar-refractivity contribution in [3.63, 3.8) is 0 Å². The molecule has 0 bridgehead atoms. The zero-order chi connectivity index (χ0) is 11.4. The van der Waals surface area contributed by atoms with Crippen molar-refractivity contribution in [3.8, 4) is 0 Å². The summed E-state index contributed by atoms with van der Waals surface area (Å²) < 4.78 is 0. The Labute approximate surface area is 89.9 Å². The lowest BCUT2D eigenvalue weighted by molar-refractivity contribution is 0.0761. The van der Waals surface area contributed by atoms with Gasteiger partial charge in [-0.1, -0.05) is 27.7 Å². The van der Waals surface area contributed by atoms with Gasteiger partial charge in [-0.15, -0.1) is 0 Å². The Balaban J connectivity index is 4.58. The van der Waals surface area contributed by atoms with Crippen molar-refractivity contribution in [1.82, 2.24) is 4.90 Å². The van der Waals surface area contributed by atoms with Crippen LogP contribution in [0.4, 0.5) is 0 Å². The highest BCUT2D eigenvalue weighted by Crippen LogP contribution is 2.25. The third-order valence-corrected chi connectivity index (χ3v) is 2.77. The van der Waals surface area contributed by atoms with Crippen LogP contribution in [0.3, 0.4) is 0 Å². The number of nitrogens with zero attached hydrogens (tertiary/aromatic N) is 1. The lowest BCUT2D eigenvalue weighted by atomic mass is 9.85. The topological polar surface area (TPSA) is 29.3 Å². The van der Waals surface area contributed by atoms with Crippen LogP contribution in [0.1, 0.15) is 48.0 Å². The van der Waals surface area contributed by atoms with E-state index in [9.17, 15) is 0 Å². The molecular weight excluding hydrogens is 172 g/mol. The van der Waals surface area contributed by atoms with Crippen molar-refractivity contribution in [2.45, 2.75) is 60.0 Å². The molecular formula is C12H28N2. The minimum atomic E-state index is 0.272. The highest BCUT2D eigenvalue weighted by Gasteiger charge is 2.29. The maximum absolute atomic E-state index is 5.89. The third kappa shape index (κ3) is 3.97. The van der Waals surface area contributed by atoms with Gasteiger partial charge in [-0.3, -0.25) is 4.90 Å². The van der Waals surface area contributed by atoms with Gasteiger partial charge in [0.15, 0.2) is 0 Å². The minimum Gasteiger partial charge on any atom is -0.329 e. The zero-order valence-electron chi connectivity index (χ0n) is 10.8. The van der Waals surface area contributed by atoms with Crippen molar-refractivity contribution < 1.29 is 0 Å². The summed E-state index contributed by atoms with van der Waals surface area (Å²) in [5.41, 5.74) is 6.16. The second kappa shape index (κ2) is 5.72. The molecule has 0 aromatic carbocycles. The van der Waals surface area contributed by atoms with E-state index in [1.165, 1.54) is 6.42 Å². The van der Waals surface area contributed by atoms with Crippen molar-refractivity contribution in [2.24, 2.45) is 11.1 Å². The number of hydrogen-bond acceptors (Lipinski definition) is 2. The number of hydrogen-bond donors (Lipinski definition) is 1. The van der Waals surface area contributed by atoms with Gasteiger partial charge in [-0.05, 0) is 32.2 Å². The summed E-state index contributed by atoms with van der Waals surface area (Å²) in [6.45, 7) is 15.5. The average Bonchev–Trinajstić information content (AvgIpc) is 2.01. The second-order valence-corrected chi connectivity index (χ2v) is 5.45. The lowest BCUT2D eigenvalue weighted by Crippen LogP contribution is -2.51. The largest absolute Gasteiger partial charge is 0.329 e. The monoisotopic (exact) mass is 200 g/mol. The van der Waals surface area contributed by atoms with E-state index in [4.69, 9.17) is 5.73 Å². The molecule has 0 spiro atoms. The summed E-state index contributed by atoms with van der Waals surface area (Å²) in [7, 11) is 0. The molecule has 0 amide bonds. The van der Waals surface area contributed by atoms with Crippen LogP contribution in [0.5, 0.6) is 0 Å². The molecule has 2 N–H and O–H groups in total. The van der Waals surface area contributed by atoms with E-state index in [2.05, 4.69) is 46.4 Å². The first-order valence-electron chi connectivity index (χ1n) is 5.80. The van der Waals surface area contributed by atoms with Gasteiger partial charge in [0.05, 0.1) is 0 Å². The Bertz CT molecular complexity index is 147. The van der Waals surface area contributed by atoms with E-state index >= 15 is 0 Å². The van der Waals surface area contributed by atoms with Crippen molar-refractivity contribution in [3.05, 3.63) is 0 Å². The third-order valence-electron chi connectivity index (χ3n) is 2.77. The Hall–Kier alpha value is -0.0800. The molecule has 0 aliphatic carbocycles. The molecule has 0 rings (SSSR count). The van der Waals surface area contributed by atoms with Gasteiger partial charge in [0.1, 0.15) is 0 Å². The fraction of sp³-hybridized carbons (Fsp3) is 1.00. The normalized spacial score (nSPS) is 15.2. The lowest BCUT2D eigenvalue weighted by Gasteiger charge is -2.42. The summed E-state index contributed by atoms with van der Waals surface area (Å²) in [5, 5.41) is 0. The molecule has 14 heavy (non-hydrogen) atoms. The van der Waals surface area contributed by atoms with Crippen molar-refractivity contribution >= 4 is 0 Å². The van der Waals surface area contributed by atoms with Crippen LogP contribution in [0, 0.1) is 5.41 Å². The first-order chi connectivity index (χ1) is 6.34. The van der Waals surface area contributed by atoms with Gasteiger partial charge in [-0.2, -0.15) is 0 Å². The molecule has 0 fully saturated rings. The van der Waals surface area contributed by atoms with Gasteiger partial charge >= 0.3 is 0 Å². The minimum absolute atomic E-state index is 0.272. The molecule has 0 heterocycles. The van der Waals surface area contributed by atoms with Gasteiger partial charge in [0.2, 0.25) is 0 Å². The Morgan fingerprint density at radius 3 is 1.93 bits per heavy atom. The predicted octanol–water partition coefficient (Wildman–Crippen LogP) is 2.48. The van der Waals surface area contributed by atoms with Gasteiger partial charge < -0.3 is 5.73 Å². The van der Waals surface area contributed by atoms with Crippen molar-refractivity contribution in [1.29, 1.82) is 0 Å². The molecule has 0 aliphatic rings. The van der Waals surface area contributed by atoms with Crippen LogP contribution in [-0.2, 0) is 0 Å². The Kier molecular flexibility index (Phi) is 5.68. The second-order valence-electron chi connectivity index (χ2n) is 5.45. The van der Waals surface area contributed by atoms with Crippen LogP contribution in [0.25, 0.3) is 0 Å². The van der Waals surface area contributed by atoms with Crippen LogP contribution < -0.4 is 5.73 Å². The van der Waals surface area contributed by atoms with E-state index in [0.717, 1.165) is 13.1 Å². The molecule has 0 aliphatic heterocycles. The van der Waals surface area contributed by atoms with E-state index < -0.39 is 0 Å². The molecule has 2 heteroatoms. The maximum Gasteiger partial charge on any atom is 0.0269 e. The number of rotatable bonds is 5. The molecule has 0 saturated carbocycles. The van der Waals surface area contributed by atoms with Gasteiger partial charge in [0.25, 0.3) is 0 Å². The highest BCUT2D eigenvalue weighted by molar-refractivity contribution is 4.85. The van der Waals surface area contributed by atoms with Crippen LogP contribution in [0.2, 0.25) is 0 Å². The maximum atomic E-state index is 5.89. The summed E-state index contributed by atoms with van der Waals surface area (Å²) in [4.78, 5) is 2.53. The van der Waals surface area contributed by atoms with E-state index in [-0.39, 0.29) is 5.41 Å². The Morgan fingerprint density at radius 1 is 1.21 bits per heavy atom. The first-order valence-corrected chi connectivity index (χ1v) is 5.80. The summed E-state index contributed by atoms with van der Waals surface area (Å²) in [6, 6.07) is 1.07. The fourth-order valence-electron chi connectivity index (χ4n) is 2.02. The van der Waals surface area contributed by atoms with E-state index in [1.807, 2.05) is 0 Å². The van der Waals surface area contributed by atoms with Crippen LogP contribution in [0.15, 0.2) is 0 Å². The van der Waals surface area contributed by atoms with Gasteiger partial charge in [-0.25, -0.2) is 0 Å². The van der Waals surface area contributed by atoms with Crippen LogP contribution >= 0.6 is 0 Å². The Morgan fingerprint density at radius 2 is 1.71 bits per heavy atom. The summed E-state index contributed by atoms with van der Waals surface area (Å²) in [5.74, 6) is 0. The molecule has 2 nitrogen and oxygen atoms in total. The number of nitrogens with two attached hydrogens (primary N) is 1. The fourth-order valence-corrected chi connectivity index (χ4v) is 2.02. The average molecular weight is 200 g/mol. The van der Waals surface area contributed by atoms with E-state index in [1.54, 1.807) is 0 Å². The van der Waals surface area contributed by atoms with Gasteiger partial charge in [0, 0.05) is 18.6 Å². The molecule has 86 valence electrons. The quantitative estimate of drug-likeness (QED) is 0.739. The first kappa shape index (κ1) is 13.9.